The summed E-state index contributed by atoms with van der Waals surface area (Å²) in [6, 6.07) is 8.32. The van der Waals surface area contributed by atoms with Gasteiger partial charge < -0.3 is 0 Å². The molecule has 0 atom stereocenters. The molecule has 88 valence electrons. The molecule has 0 amide bonds. The normalized spacial score (nSPS) is 10.8. The molecule has 0 aromatic heterocycles. The second-order valence-electron chi connectivity index (χ2n) is 2.61. The lowest BCUT2D eigenvalue weighted by Gasteiger charge is -1.98. The molecule has 0 aliphatic rings. The van der Waals surface area contributed by atoms with Crippen LogP contribution < -0.4 is 0 Å². The van der Waals surface area contributed by atoms with Crippen LogP contribution in [0.25, 0.3) is 6.08 Å². The van der Waals surface area contributed by atoms with E-state index in [1.165, 1.54) is 0 Å². The lowest BCUT2D eigenvalue weighted by Crippen LogP contribution is -2.19. The van der Waals surface area contributed by atoms with Crippen molar-refractivity contribution in [3.63, 3.8) is 0 Å². The third kappa shape index (κ3) is 5.34. The van der Waals surface area contributed by atoms with Crippen LogP contribution in [0, 0.1) is 0 Å². The van der Waals surface area contributed by atoms with E-state index in [0.717, 1.165) is 6.08 Å². The average molecular weight is 230 g/mol. The lowest BCUT2D eigenvalue weighted by molar-refractivity contribution is -0.165. The Morgan fingerprint density at radius 2 is 1.62 bits per heavy atom. The minimum absolute atomic E-state index is 0.523. The molecule has 4 heteroatoms. The summed E-state index contributed by atoms with van der Waals surface area (Å²) in [4.78, 5) is 10.4. The number of alkyl halides is 3. The van der Waals surface area contributed by atoms with Gasteiger partial charge in [0, 0.05) is 0 Å². The fraction of sp³-hybridized carbons (Fsp3) is 0.250. The molecule has 0 aliphatic heterocycles. The summed E-state index contributed by atoms with van der Waals surface area (Å²) in [6.07, 6.45) is -3.13. The Kier molecular flexibility index (Phi) is 6.15. The topological polar surface area (TPSA) is 17.1 Å². The molecule has 1 aromatic rings. The number of hydrogen-bond acceptors (Lipinski definition) is 1. The largest absolute Gasteiger partial charge is 0.454 e. The molecule has 1 rings (SSSR count). The Hall–Kier alpha value is -1.58. The fourth-order valence-electron chi connectivity index (χ4n) is 0.831. The van der Waals surface area contributed by atoms with Gasteiger partial charge in [0.05, 0.1) is 0 Å². The molecule has 0 spiro atoms. The number of allylic oxidation sites excluding steroid dienone is 1. The minimum Gasteiger partial charge on any atom is -0.285 e. The van der Waals surface area contributed by atoms with E-state index in [9.17, 15) is 18.0 Å². The van der Waals surface area contributed by atoms with Gasteiger partial charge in [-0.25, -0.2) is 0 Å². The van der Waals surface area contributed by atoms with E-state index in [1.54, 1.807) is 30.3 Å². The SMILES string of the molecule is CC.O=C(/C=C/c1ccccc1)C(F)(F)F. The summed E-state index contributed by atoms with van der Waals surface area (Å²) in [5, 5.41) is 0. The van der Waals surface area contributed by atoms with Crippen molar-refractivity contribution < 1.29 is 18.0 Å². The second-order valence-corrected chi connectivity index (χ2v) is 2.61. The molecular formula is C12H13F3O. The van der Waals surface area contributed by atoms with Gasteiger partial charge in [0.1, 0.15) is 0 Å². The molecular weight excluding hydrogens is 217 g/mol. The number of carbonyl (C=O) groups excluding carboxylic acids is 1. The van der Waals surface area contributed by atoms with Crippen LogP contribution >= 0.6 is 0 Å². The first-order valence-electron chi connectivity index (χ1n) is 4.84. The van der Waals surface area contributed by atoms with Gasteiger partial charge in [-0.05, 0) is 11.6 Å². The van der Waals surface area contributed by atoms with Crippen LogP contribution in [-0.4, -0.2) is 12.0 Å². The quantitative estimate of drug-likeness (QED) is 0.705. The number of ketones is 1. The molecule has 16 heavy (non-hydrogen) atoms. The maximum Gasteiger partial charge on any atom is 0.454 e. The molecule has 0 saturated carbocycles. The molecule has 0 unspecified atom stereocenters. The maximum absolute atomic E-state index is 11.8. The van der Waals surface area contributed by atoms with Crippen molar-refractivity contribution in [1.82, 2.24) is 0 Å². The summed E-state index contributed by atoms with van der Waals surface area (Å²) in [5.41, 5.74) is 0.560. The number of carbonyl (C=O) groups is 1. The Morgan fingerprint density at radius 3 is 2.06 bits per heavy atom. The van der Waals surface area contributed by atoms with Crippen molar-refractivity contribution in [3.05, 3.63) is 42.0 Å². The third-order valence-electron chi connectivity index (χ3n) is 1.51. The Balaban J connectivity index is 0.00000106. The summed E-state index contributed by atoms with van der Waals surface area (Å²) in [7, 11) is 0. The predicted octanol–water partition coefficient (Wildman–Crippen LogP) is 3.86. The Morgan fingerprint density at radius 1 is 1.12 bits per heavy atom. The first-order valence-corrected chi connectivity index (χ1v) is 4.84. The number of halogens is 3. The molecule has 0 radical (unpaired) electrons. The van der Waals surface area contributed by atoms with E-state index in [2.05, 4.69) is 0 Å². The van der Waals surface area contributed by atoms with Crippen molar-refractivity contribution in [1.29, 1.82) is 0 Å². The number of hydrogen-bond donors (Lipinski definition) is 0. The first-order chi connectivity index (χ1) is 7.50. The molecule has 0 fully saturated rings. The molecule has 0 aliphatic carbocycles. The van der Waals surface area contributed by atoms with Crippen molar-refractivity contribution >= 4 is 11.9 Å². The minimum atomic E-state index is -4.79. The standard InChI is InChI=1S/C10H7F3O.C2H6/c11-10(12,13)9(14)7-6-8-4-2-1-3-5-8;1-2/h1-7H;1-2H3/b7-6+;. The molecule has 1 aromatic carbocycles. The van der Waals surface area contributed by atoms with Crippen LogP contribution in [0.4, 0.5) is 13.2 Å². The number of rotatable bonds is 2. The van der Waals surface area contributed by atoms with Crippen molar-refractivity contribution in [3.8, 4) is 0 Å². The van der Waals surface area contributed by atoms with E-state index in [4.69, 9.17) is 0 Å². The van der Waals surface area contributed by atoms with Crippen LogP contribution in [0.5, 0.6) is 0 Å². The molecule has 0 heterocycles. The zero-order chi connectivity index (χ0) is 12.6. The maximum atomic E-state index is 11.8. The van der Waals surface area contributed by atoms with Crippen molar-refractivity contribution in [2.45, 2.75) is 20.0 Å². The molecule has 1 nitrogen and oxygen atoms in total. The summed E-state index contributed by atoms with van der Waals surface area (Å²) >= 11 is 0. The summed E-state index contributed by atoms with van der Waals surface area (Å²) < 4.78 is 35.3. The first kappa shape index (κ1) is 14.4. The monoisotopic (exact) mass is 230 g/mol. The summed E-state index contributed by atoms with van der Waals surface area (Å²) in [5.74, 6) is -1.85. The van der Waals surface area contributed by atoms with Crippen LogP contribution in [0.15, 0.2) is 36.4 Å². The highest BCUT2D eigenvalue weighted by Gasteiger charge is 2.35. The fourth-order valence-corrected chi connectivity index (χ4v) is 0.831. The number of benzene rings is 1. The van der Waals surface area contributed by atoms with Gasteiger partial charge in [0.2, 0.25) is 0 Å². The van der Waals surface area contributed by atoms with Gasteiger partial charge in [0.25, 0.3) is 5.78 Å². The molecule has 0 bridgehead atoms. The smallest absolute Gasteiger partial charge is 0.285 e. The van der Waals surface area contributed by atoms with Gasteiger partial charge in [-0.1, -0.05) is 50.3 Å². The van der Waals surface area contributed by atoms with Crippen LogP contribution in [-0.2, 0) is 4.79 Å². The lowest BCUT2D eigenvalue weighted by atomic mass is 10.2. The Labute approximate surface area is 92.6 Å². The summed E-state index contributed by atoms with van der Waals surface area (Å²) in [6.45, 7) is 4.00. The molecule has 0 saturated heterocycles. The van der Waals surface area contributed by atoms with E-state index >= 15 is 0 Å². The predicted molar refractivity (Wildman–Crippen MR) is 57.9 cm³/mol. The van der Waals surface area contributed by atoms with Gasteiger partial charge in [-0.15, -0.1) is 0 Å². The van der Waals surface area contributed by atoms with Crippen LogP contribution in [0.1, 0.15) is 19.4 Å². The van der Waals surface area contributed by atoms with E-state index in [1.807, 2.05) is 13.8 Å². The van der Waals surface area contributed by atoms with E-state index in [0.29, 0.717) is 11.6 Å². The van der Waals surface area contributed by atoms with Gasteiger partial charge >= 0.3 is 6.18 Å². The van der Waals surface area contributed by atoms with Gasteiger partial charge in [-0.2, -0.15) is 13.2 Å². The van der Waals surface area contributed by atoms with Gasteiger partial charge in [0.15, 0.2) is 0 Å². The van der Waals surface area contributed by atoms with Crippen molar-refractivity contribution in [2.24, 2.45) is 0 Å². The van der Waals surface area contributed by atoms with E-state index < -0.39 is 12.0 Å². The van der Waals surface area contributed by atoms with Crippen molar-refractivity contribution in [2.75, 3.05) is 0 Å². The zero-order valence-electron chi connectivity index (χ0n) is 9.08. The average Bonchev–Trinajstić information content (AvgIpc) is 2.28. The van der Waals surface area contributed by atoms with Crippen LogP contribution in [0.2, 0.25) is 0 Å². The highest BCUT2D eigenvalue weighted by atomic mass is 19.4. The molecule has 0 N–H and O–H groups in total. The van der Waals surface area contributed by atoms with E-state index in [-0.39, 0.29) is 0 Å². The third-order valence-corrected chi connectivity index (χ3v) is 1.51. The highest BCUT2D eigenvalue weighted by molar-refractivity contribution is 5.97. The van der Waals surface area contributed by atoms with Crippen LogP contribution in [0.3, 0.4) is 0 Å². The zero-order valence-corrected chi connectivity index (χ0v) is 9.08. The second kappa shape index (κ2) is 6.82. The highest BCUT2D eigenvalue weighted by Crippen LogP contribution is 2.17. The Bertz CT molecular complexity index is 339. The van der Waals surface area contributed by atoms with Gasteiger partial charge in [-0.3, -0.25) is 4.79 Å².